The minimum absolute atomic E-state index is 0. The third-order valence-corrected chi connectivity index (χ3v) is 4.20. The Morgan fingerprint density at radius 1 is 1.41 bits per heavy atom. The second-order valence-corrected chi connectivity index (χ2v) is 5.70. The van der Waals surface area contributed by atoms with E-state index in [1.807, 2.05) is 16.7 Å². The molecular formula is C15H28ClN3O3. The van der Waals surface area contributed by atoms with Crippen LogP contribution in [0, 0.1) is 0 Å². The van der Waals surface area contributed by atoms with E-state index in [0.29, 0.717) is 32.7 Å². The van der Waals surface area contributed by atoms with Crippen LogP contribution in [0.2, 0.25) is 0 Å². The number of piperazine rings is 1. The average Bonchev–Trinajstić information content (AvgIpc) is 2.52. The van der Waals surface area contributed by atoms with E-state index in [-0.39, 0.29) is 30.3 Å². The molecule has 1 atom stereocenters. The molecule has 2 heterocycles. The van der Waals surface area contributed by atoms with Crippen LogP contribution in [0.1, 0.15) is 32.6 Å². The number of carbonyl (C=O) groups excluding carboxylic acids is 2. The van der Waals surface area contributed by atoms with E-state index in [1.54, 1.807) is 0 Å². The van der Waals surface area contributed by atoms with E-state index in [1.165, 1.54) is 0 Å². The van der Waals surface area contributed by atoms with Crippen molar-refractivity contribution in [2.24, 2.45) is 0 Å². The zero-order valence-corrected chi connectivity index (χ0v) is 14.2. The third-order valence-electron chi connectivity index (χ3n) is 4.20. The van der Waals surface area contributed by atoms with Gasteiger partial charge < -0.3 is 19.9 Å². The summed E-state index contributed by atoms with van der Waals surface area (Å²) in [6.45, 7) is 6.87. The minimum atomic E-state index is 0. The summed E-state index contributed by atoms with van der Waals surface area (Å²) in [6.07, 6.45) is 3.32. The van der Waals surface area contributed by atoms with Gasteiger partial charge in [0.05, 0.1) is 6.54 Å². The van der Waals surface area contributed by atoms with Gasteiger partial charge in [-0.15, -0.1) is 12.4 Å². The number of carbonyl (C=O) groups is 2. The van der Waals surface area contributed by atoms with Crippen molar-refractivity contribution >= 4 is 24.2 Å². The van der Waals surface area contributed by atoms with Gasteiger partial charge in [-0.3, -0.25) is 9.59 Å². The lowest BCUT2D eigenvalue weighted by Crippen LogP contribution is -2.57. The SMILES string of the molecule is CCOCCCC(=O)N1CCCC(N2CCNCC2=O)C1.Cl. The second-order valence-electron chi connectivity index (χ2n) is 5.70. The van der Waals surface area contributed by atoms with E-state index in [2.05, 4.69) is 5.32 Å². The lowest BCUT2D eigenvalue weighted by atomic mass is 10.0. The summed E-state index contributed by atoms with van der Waals surface area (Å²) >= 11 is 0. The van der Waals surface area contributed by atoms with Crippen LogP contribution in [0.3, 0.4) is 0 Å². The van der Waals surface area contributed by atoms with E-state index in [9.17, 15) is 9.59 Å². The van der Waals surface area contributed by atoms with Crippen molar-refractivity contribution in [3.8, 4) is 0 Å². The quantitative estimate of drug-likeness (QED) is 0.725. The number of nitrogens with one attached hydrogen (secondary N) is 1. The molecule has 7 heteroatoms. The van der Waals surface area contributed by atoms with Gasteiger partial charge in [-0.1, -0.05) is 0 Å². The maximum atomic E-state index is 12.2. The van der Waals surface area contributed by atoms with Crippen LogP contribution in [-0.2, 0) is 14.3 Å². The maximum Gasteiger partial charge on any atom is 0.236 e. The number of amides is 2. The molecule has 2 amide bonds. The highest BCUT2D eigenvalue weighted by Crippen LogP contribution is 2.18. The zero-order valence-electron chi connectivity index (χ0n) is 13.4. The minimum Gasteiger partial charge on any atom is -0.382 e. The first-order valence-electron chi connectivity index (χ1n) is 8.08. The summed E-state index contributed by atoms with van der Waals surface area (Å²) in [5.74, 6) is 0.360. The molecule has 0 aliphatic carbocycles. The first kappa shape index (κ1) is 19.2. The van der Waals surface area contributed by atoms with Crippen LogP contribution in [0.5, 0.6) is 0 Å². The molecule has 0 spiro atoms. The van der Waals surface area contributed by atoms with Crippen molar-refractivity contribution in [3.63, 3.8) is 0 Å². The van der Waals surface area contributed by atoms with Gasteiger partial charge in [0, 0.05) is 51.9 Å². The molecule has 22 heavy (non-hydrogen) atoms. The topological polar surface area (TPSA) is 61.9 Å². The summed E-state index contributed by atoms with van der Waals surface area (Å²) in [5, 5.41) is 3.09. The molecule has 0 radical (unpaired) electrons. The van der Waals surface area contributed by atoms with Gasteiger partial charge >= 0.3 is 0 Å². The van der Waals surface area contributed by atoms with Crippen molar-refractivity contribution in [1.82, 2.24) is 15.1 Å². The van der Waals surface area contributed by atoms with Crippen molar-refractivity contribution in [3.05, 3.63) is 0 Å². The fraction of sp³-hybridized carbons (Fsp3) is 0.867. The second kappa shape index (κ2) is 10.0. The lowest BCUT2D eigenvalue weighted by Gasteiger charge is -2.41. The largest absolute Gasteiger partial charge is 0.382 e. The van der Waals surface area contributed by atoms with Crippen LogP contribution in [0.15, 0.2) is 0 Å². The molecule has 0 saturated carbocycles. The molecule has 6 nitrogen and oxygen atoms in total. The summed E-state index contributed by atoms with van der Waals surface area (Å²) in [5.41, 5.74) is 0. The molecule has 0 bridgehead atoms. The van der Waals surface area contributed by atoms with Crippen LogP contribution < -0.4 is 5.32 Å². The number of piperidine rings is 1. The van der Waals surface area contributed by atoms with Gasteiger partial charge in [0.15, 0.2) is 0 Å². The standard InChI is InChI=1S/C15H27N3O3.ClH/c1-2-21-10-4-6-14(19)17-8-3-5-13(12-17)18-9-7-16-11-15(18)20;/h13,16H,2-12H2,1H3;1H. The first-order valence-corrected chi connectivity index (χ1v) is 8.08. The van der Waals surface area contributed by atoms with E-state index >= 15 is 0 Å². The summed E-state index contributed by atoms with van der Waals surface area (Å²) in [4.78, 5) is 28.1. The van der Waals surface area contributed by atoms with Crippen LogP contribution in [0.25, 0.3) is 0 Å². The van der Waals surface area contributed by atoms with Gasteiger partial charge in [0.2, 0.25) is 11.8 Å². The van der Waals surface area contributed by atoms with Crippen LogP contribution in [0.4, 0.5) is 0 Å². The molecule has 2 saturated heterocycles. The molecule has 2 aliphatic heterocycles. The molecule has 0 aromatic carbocycles. The Labute approximate surface area is 138 Å². The van der Waals surface area contributed by atoms with Gasteiger partial charge in [-0.2, -0.15) is 0 Å². The van der Waals surface area contributed by atoms with Crippen molar-refractivity contribution < 1.29 is 14.3 Å². The predicted molar refractivity (Wildman–Crippen MR) is 87.2 cm³/mol. The van der Waals surface area contributed by atoms with Gasteiger partial charge in [0.1, 0.15) is 0 Å². The summed E-state index contributed by atoms with van der Waals surface area (Å²) < 4.78 is 5.27. The Morgan fingerprint density at radius 2 is 2.23 bits per heavy atom. The number of nitrogens with zero attached hydrogens (tertiary/aromatic N) is 2. The van der Waals surface area contributed by atoms with E-state index in [0.717, 1.165) is 38.9 Å². The van der Waals surface area contributed by atoms with Crippen LogP contribution >= 0.6 is 12.4 Å². The van der Waals surface area contributed by atoms with E-state index in [4.69, 9.17) is 4.74 Å². The highest BCUT2D eigenvalue weighted by molar-refractivity contribution is 5.85. The van der Waals surface area contributed by atoms with Gasteiger partial charge in [-0.25, -0.2) is 0 Å². The maximum absolute atomic E-state index is 12.2. The Balaban J connectivity index is 0.00000242. The fourth-order valence-electron chi connectivity index (χ4n) is 3.07. The Kier molecular flexibility index (Phi) is 8.75. The molecular weight excluding hydrogens is 306 g/mol. The lowest BCUT2D eigenvalue weighted by molar-refractivity contribution is -0.140. The average molecular weight is 334 g/mol. The van der Waals surface area contributed by atoms with Crippen molar-refractivity contribution in [2.75, 3.05) is 45.9 Å². The highest BCUT2D eigenvalue weighted by Gasteiger charge is 2.31. The summed E-state index contributed by atoms with van der Waals surface area (Å²) in [6, 6.07) is 0.198. The van der Waals surface area contributed by atoms with Gasteiger partial charge in [-0.05, 0) is 26.2 Å². The number of rotatable bonds is 6. The number of hydrogen-bond donors (Lipinski definition) is 1. The van der Waals surface area contributed by atoms with Gasteiger partial charge in [0.25, 0.3) is 0 Å². The molecule has 1 N–H and O–H groups in total. The number of halogens is 1. The number of hydrogen-bond acceptors (Lipinski definition) is 4. The Morgan fingerprint density at radius 3 is 2.95 bits per heavy atom. The molecule has 1 unspecified atom stereocenters. The Hall–Kier alpha value is -0.850. The molecule has 128 valence electrons. The zero-order chi connectivity index (χ0) is 15.1. The van der Waals surface area contributed by atoms with Crippen molar-refractivity contribution in [2.45, 2.75) is 38.6 Å². The van der Waals surface area contributed by atoms with E-state index < -0.39 is 0 Å². The summed E-state index contributed by atoms with van der Waals surface area (Å²) in [7, 11) is 0. The number of ether oxygens (including phenoxy) is 1. The van der Waals surface area contributed by atoms with Crippen LogP contribution in [-0.4, -0.2) is 73.6 Å². The smallest absolute Gasteiger partial charge is 0.236 e. The predicted octanol–water partition coefficient (Wildman–Crippen LogP) is 0.648. The molecule has 0 aromatic rings. The Bertz CT molecular complexity index is 368. The molecule has 2 rings (SSSR count). The molecule has 0 aromatic heterocycles. The first-order chi connectivity index (χ1) is 10.2. The molecule has 2 aliphatic rings. The highest BCUT2D eigenvalue weighted by atomic mass is 35.5. The van der Waals surface area contributed by atoms with Crippen molar-refractivity contribution in [1.29, 1.82) is 0 Å². The number of likely N-dealkylation sites (tertiary alicyclic amines) is 1. The monoisotopic (exact) mass is 333 g/mol. The molecule has 2 fully saturated rings. The fourth-order valence-corrected chi connectivity index (χ4v) is 3.07. The third kappa shape index (κ3) is 5.41. The normalized spacial score (nSPS) is 22.4.